The monoisotopic (exact) mass is 416 g/mol. The van der Waals surface area contributed by atoms with Gasteiger partial charge in [0, 0.05) is 37.3 Å². The molecule has 0 bridgehead atoms. The van der Waals surface area contributed by atoms with Crippen LogP contribution in [-0.2, 0) is 26.2 Å². The average Bonchev–Trinajstić information content (AvgIpc) is 2.81. The van der Waals surface area contributed by atoms with Crippen LogP contribution in [0.1, 0.15) is 43.0 Å². The topological polar surface area (TPSA) is 96.2 Å². The Kier molecular flexibility index (Phi) is 7.92. The molecule has 0 aromatic heterocycles. The molecule has 0 spiro atoms. The molecule has 5 N–H and O–H groups in total. The van der Waals surface area contributed by atoms with Crippen LogP contribution >= 0.6 is 0 Å². The smallest absolute Gasteiger partial charge is 0.251 e. The van der Waals surface area contributed by atoms with E-state index in [0.29, 0.717) is 30.8 Å². The van der Waals surface area contributed by atoms with Gasteiger partial charge in [-0.25, -0.2) is 0 Å². The largest absolute Gasteiger partial charge is 0.348 e. The number of amides is 2. The SMILES string of the molecule is CNCc1cccc(CNC(=O)c2ccc(C(=O)NCc3cccc(CN)c3)cc2)c1. The van der Waals surface area contributed by atoms with E-state index < -0.39 is 0 Å². The lowest BCUT2D eigenvalue weighted by atomic mass is 10.1. The van der Waals surface area contributed by atoms with Crippen molar-refractivity contribution < 1.29 is 9.59 Å². The first-order valence-electron chi connectivity index (χ1n) is 10.3. The Hall–Kier alpha value is -3.48. The van der Waals surface area contributed by atoms with Crippen LogP contribution in [0.5, 0.6) is 0 Å². The molecule has 160 valence electrons. The third kappa shape index (κ3) is 6.50. The van der Waals surface area contributed by atoms with Crippen LogP contribution in [0.25, 0.3) is 0 Å². The molecular formula is C25H28N4O2. The molecule has 2 amide bonds. The highest BCUT2D eigenvalue weighted by molar-refractivity contribution is 5.97. The molecule has 0 heterocycles. The summed E-state index contributed by atoms with van der Waals surface area (Å²) in [6, 6.07) is 22.5. The van der Waals surface area contributed by atoms with Gasteiger partial charge in [0.25, 0.3) is 11.8 Å². The number of nitrogens with one attached hydrogen (secondary N) is 3. The fourth-order valence-corrected chi connectivity index (χ4v) is 3.26. The summed E-state index contributed by atoms with van der Waals surface area (Å²) in [6.07, 6.45) is 0. The fraction of sp³-hybridized carbons (Fsp3) is 0.200. The van der Waals surface area contributed by atoms with Crippen molar-refractivity contribution in [2.45, 2.75) is 26.2 Å². The molecule has 0 aliphatic heterocycles. The van der Waals surface area contributed by atoms with E-state index in [1.807, 2.05) is 49.5 Å². The van der Waals surface area contributed by atoms with Gasteiger partial charge in [-0.05, 0) is 53.6 Å². The van der Waals surface area contributed by atoms with Crippen LogP contribution in [0.15, 0.2) is 72.8 Å². The second kappa shape index (κ2) is 11.1. The molecule has 0 aliphatic carbocycles. The maximum absolute atomic E-state index is 12.4. The normalized spacial score (nSPS) is 10.5. The van der Waals surface area contributed by atoms with Crippen LogP contribution in [0.4, 0.5) is 0 Å². The number of benzene rings is 3. The Labute approximate surface area is 182 Å². The van der Waals surface area contributed by atoms with E-state index in [9.17, 15) is 9.59 Å². The standard InChI is InChI=1S/C25H28N4O2/c1-27-15-19-5-3-7-21(13-19)17-29-25(31)23-10-8-22(9-11-23)24(30)28-16-20-6-2-4-18(12-20)14-26/h2-13,27H,14-17,26H2,1H3,(H,28,30)(H,29,31). The van der Waals surface area contributed by atoms with Gasteiger partial charge in [-0.1, -0.05) is 48.5 Å². The summed E-state index contributed by atoms with van der Waals surface area (Å²) in [5, 5.41) is 8.93. The van der Waals surface area contributed by atoms with Crippen molar-refractivity contribution in [1.29, 1.82) is 0 Å². The van der Waals surface area contributed by atoms with Gasteiger partial charge in [-0.2, -0.15) is 0 Å². The highest BCUT2D eigenvalue weighted by Crippen LogP contribution is 2.09. The lowest BCUT2D eigenvalue weighted by Crippen LogP contribution is -2.24. The van der Waals surface area contributed by atoms with Crippen LogP contribution in [0.3, 0.4) is 0 Å². The van der Waals surface area contributed by atoms with Gasteiger partial charge in [0.15, 0.2) is 0 Å². The molecule has 31 heavy (non-hydrogen) atoms. The van der Waals surface area contributed by atoms with Crippen LogP contribution in [0.2, 0.25) is 0 Å². The molecule has 0 fully saturated rings. The number of carbonyl (C=O) groups is 2. The Morgan fingerprint density at radius 1 is 0.677 bits per heavy atom. The predicted molar refractivity (Wildman–Crippen MR) is 122 cm³/mol. The van der Waals surface area contributed by atoms with Crippen molar-refractivity contribution >= 4 is 11.8 Å². The second-order valence-corrected chi connectivity index (χ2v) is 7.32. The van der Waals surface area contributed by atoms with Crippen molar-refractivity contribution in [3.05, 3.63) is 106 Å². The molecule has 0 aliphatic rings. The molecule has 0 saturated heterocycles. The number of rotatable bonds is 9. The minimum atomic E-state index is -0.188. The first-order chi connectivity index (χ1) is 15.1. The highest BCUT2D eigenvalue weighted by atomic mass is 16.2. The minimum Gasteiger partial charge on any atom is -0.348 e. The zero-order valence-electron chi connectivity index (χ0n) is 17.7. The maximum Gasteiger partial charge on any atom is 0.251 e. The third-order valence-corrected chi connectivity index (χ3v) is 4.91. The molecule has 3 aromatic carbocycles. The van der Waals surface area contributed by atoms with E-state index in [2.05, 4.69) is 22.0 Å². The van der Waals surface area contributed by atoms with Crippen molar-refractivity contribution in [2.24, 2.45) is 5.73 Å². The number of carbonyl (C=O) groups excluding carboxylic acids is 2. The first kappa shape index (κ1) is 22.2. The molecular weight excluding hydrogens is 388 g/mol. The van der Waals surface area contributed by atoms with Gasteiger partial charge in [0.05, 0.1) is 0 Å². The van der Waals surface area contributed by atoms with Gasteiger partial charge < -0.3 is 21.7 Å². The Balaban J connectivity index is 1.53. The summed E-state index contributed by atoms with van der Waals surface area (Å²) in [7, 11) is 1.90. The predicted octanol–water partition coefficient (Wildman–Crippen LogP) is 2.72. The number of hydrogen-bond donors (Lipinski definition) is 4. The molecule has 0 unspecified atom stereocenters. The lowest BCUT2D eigenvalue weighted by Gasteiger charge is -2.09. The number of hydrogen-bond acceptors (Lipinski definition) is 4. The van der Waals surface area contributed by atoms with Gasteiger partial charge in [-0.3, -0.25) is 9.59 Å². The highest BCUT2D eigenvalue weighted by Gasteiger charge is 2.09. The van der Waals surface area contributed by atoms with E-state index in [1.165, 1.54) is 5.56 Å². The van der Waals surface area contributed by atoms with Crippen molar-refractivity contribution in [2.75, 3.05) is 7.05 Å². The van der Waals surface area contributed by atoms with Crippen molar-refractivity contribution in [3.8, 4) is 0 Å². The fourth-order valence-electron chi connectivity index (χ4n) is 3.26. The zero-order chi connectivity index (χ0) is 22.1. The second-order valence-electron chi connectivity index (χ2n) is 7.32. The molecule has 0 saturated carbocycles. The first-order valence-corrected chi connectivity index (χ1v) is 10.3. The van der Waals surface area contributed by atoms with E-state index in [0.717, 1.165) is 23.2 Å². The van der Waals surface area contributed by atoms with Gasteiger partial charge in [-0.15, -0.1) is 0 Å². The maximum atomic E-state index is 12.4. The van der Waals surface area contributed by atoms with E-state index in [4.69, 9.17) is 5.73 Å². The van der Waals surface area contributed by atoms with Gasteiger partial charge >= 0.3 is 0 Å². The van der Waals surface area contributed by atoms with E-state index >= 15 is 0 Å². The van der Waals surface area contributed by atoms with Crippen LogP contribution < -0.4 is 21.7 Å². The summed E-state index contributed by atoms with van der Waals surface area (Å²) in [6.45, 7) is 2.11. The average molecular weight is 417 g/mol. The van der Waals surface area contributed by atoms with Crippen LogP contribution in [0, 0.1) is 0 Å². The van der Waals surface area contributed by atoms with Crippen LogP contribution in [-0.4, -0.2) is 18.9 Å². The van der Waals surface area contributed by atoms with Crippen molar-refractivity contribution in [1.82, 2.24) is 16.0 Å². The number of nitrogens with two attached hydrogens (primary N) is 1. The summed E-state index contributed by atoms with van der Waals surface area (Å²) in [5.74, 6) is -0.365. The summed E-state index contributed by atoms with van der Waals surface area (Å²) >= 11 is 0. The van der Waals surface area contributed by atoms with E-state index in [1.54, 1.807) is 24.3 Å². The lowest BCUT2D eigenvalue weighted by molar-refractivity contribution is 0.0939. The van der Waals surface area contributed by atoms with E-state index in [-0.39, 0.29) is 11.8 Å². The molecule has 6 nitrogen and oxygen atoms in total. The molecule has 0 atom stereocenters. The Bertz CT molecular complexity index is 1030. The zero-order valence-corrected chi connectivity index (χ0v) is 17.7. The van der Waals surface area contributed by atoms with Gasteiger partial charge in [0.2, 0.25) is 0 Å². The van der Waals surface area contributed by atoms with Crippen molar-refractivity contribution in [3.63, 3.8) is 0 Å². The minimum absolute atomic E-state index is 0.176. The Morgan fingerprint density at radius 3 is 1.55 bits per heavy atom. The molecule has 6 heteroatoms. The summed E-state index contributed by atoms with van der Waals surface area (Å²) in [5.41, 5.74) is 10.9. The quantitative estimate of drug-likeness (QED) is 0.431. The summed E-state index contributed by atoms with van der Waals surface area (Å²) in [4.78, 5) is 24.9. The summed E-state index contributed by atoms with van der Waals surface area (Å²) < 4.78 is 0. The third-order valence-electron chi connectivity index (χ3n) is 4.91. The Morgan fingerprint density at radius 2 is 1.10 bits per heavy atom. The van der Waals surface area contributed by atoms with Gasteiger partial charge in [0.1, 0.15) is 0 Å². The molecule has 3 rings (SSSR count). The molecule has 3 aromatic rings. The molecule has 0 radical (unpaired) electrons.